The number of aromatic amines is 1. The molecule has 1 saturated heterocycles. The third-order valence-corrected chi connectivity index (χ3v) is 6.17. The fourth-order valence-corrected chi connectivity index (χ4v) is 4.19. The number of aliphatic hydroxyl groups is 1. The molecule has 3 aromatic heterocycles. The number of nitrogens with zero attached hydrogens (tertiary/aromatic N) is 5. The van der Waals surface area contributed by atoms with Crippen LogP contribution in [0.15, 0.2) is 42.6 Å². The Morgan fingerprint density at radius 3 is 2.74 bits per heavy atom. The molecule has 11 heteroatoms. The highest BCUT2D eigenvalue weighted by Gasteiger charge is 2.39. The first-order valence-corrected chi connectivity index (χ1v) is 11.2. The Balaban J connectivity index is 1.46. The van der Waals surface area contributed by atoms with Gasteiger partial charge >= 0.3 is 6.09 Å². The Morgan fingerprint density at radius 1 is 1.24 bits per heavy atom. The molecule has 1 aromatic carbocycles. The molecule has 1 aliphatic rings. The van der Waals surface area contributed by atoms with Crippen LogP contribution in [0.25, 0.3) is 22.3 Å². The third-order valence-electron chi connectivity index (χ3n) is 5.91. The van der Waals surface area contributed by atoms with Crippen LogP contribution in [-0.4, -0.2) is 54.7 Å². The minimum absolute atomic E-state index is 0.0903. The van der Waals surface area contributed by atoms with E-state index in [1.807, 2.05) is 49.0 Å². The molecule has 176 valence electrons. The van der Waals surface area contributed by atoms with Crippen molar-refractivity contribution in [3.63, 3.8) is 0 Å². The maximum Gasteiger partial charge on any atom is 0.416 e. The molecular weight excluding hydrogens is 458 g/mol. The molecule has 1 fully saturated rings. The first-order valence-electron chi connectivity index (χ1n) is 10.9. The monoisotopic (exact) mass is 481 g/mol. The van der Waals surface area contributed by atoms with Crippen molar-refractivity contribution in [3.8, 4) is 11.3 Å². The number of aliphatic hydroxyl groups excluding tert-OH is 1. The molecule has 3 atom stereocenters. The number of hydrogen-bond acceptors (Lipinski definition) is 7. The number of cyclic esters (lactones) is 1. The number of fused-ring (bicyclic) bond motifs is 1. The summed E-state index contributed by atoms with van der Waals surface area (Å²) >= 11 is 6.02. The van der Waals surface area contributed by atoms with Crippen molar-refractivity contribution < 1.29 is 14.6 Å². The van der Waals surface area contributed by atoms with Crippen molar-refractivity contribution in [1.29, 1.82) is 0 Å². The van der Waals surface area contributed by atoms with Gasteiger partial charge in [-0.1, -0.05) is 23.7 Å². The minimum Gasteiger partial charge on any atom is -0.447 e. The second-order valence-corrected chi connectivity index (χ2v) is 8.75. The van der Waals surface area contributed by atoms with Crippen molar-refractivity contribution >= 4 is 40.5 Å². The summed E-state index contributed by atoms with van der Waals surface area (Å²) in [7, 11) is 1.88. The van der Waals surface area contributed by atoms with E-state index in [4.69, 9.17) is 16.3 Å². The number of ether oxygens (including phenoxy) is 1. The average molecular weight is 482 g/mol. The number of halogens is 1. The lowest BCUT2D eigenvalue weighted by Crippen LogP contribution is -2.41. The number of carbonyl (C=O) groups excluding carboxylic acids is 1. The smallest absolute Gasteiger partial charge is 0.416 e. The average Bonchev–Trinajstić information content (AvgIpc) is 3.52. The maximum atomic E-state index is 12.5. The molecule has 0 bridgehead atoms. The molecule has 1 amide bonds. The largest absolute Gasteiger partial charge is 0.447 e. The van der Waals surface area contributed by atoms with Crippen LogP contribution in [0.3, 0.4) is 0 Å². The lowest BCUT2D eigenvalue weighted by atomic mass is 10.1. The number of amides is 1. The number of nitrogens with one attached hydrogen (secondary N) is 2. The van der Waals surface area contributed by atoms with Crippen LogP contribution in [0.4, 0.5) is 16.6 Å². The van der Waals surface area contributed by atoms with Crippen molar-refractivity contribution in [2.75, 3.05) is 16.8 Å². The molecule has 0 aliphatic carbocycles. The van der Waals surface area contributed by atoms with Crippen molar-refractivity contribution in [2.24, 2.45) is 7.05 Å². The SMILES string of the molecule is C[C@H](Nc1nc(N2C(=O)OC[C@@H]2[C@@H](C)O)c2cc[nH]c2n1)c1cc(-c2ccc(Cl)cc2)n(C)n1. The van der Waals surface area contributed by atoms with E-state index in [1.165, 1.54) is 4.90 Å². The van der Waals surface area contributed by atoms with Gasteiger partial charge in [0.05, 0.1) is 28.9 Å². The van der Waals surface area contributed by atoms with Gasteiger partial charge in [-0.3, -0.25) is 9.58 Å². The predicted molar refractivity (Wildman–Crippen MR) is 129 cm³/mol. The van der Waals surface area contributed by atoms with Gasteiger partial charge in [-0.15, -0.1) is 0 Å². The number of aryl methyl sites for hydroxylation is 1. The van der Waals surface area contributed by atoms with Crippen LogP contribution >= 0.6 is 11.6 Å². The standard InChI is InChI=1S/C23H24ClN7O3/c1-12(17-10-18(30(3)29-17)14-4-6-15(24)7-5-14)26-22-27-20-16(8-9-25-20)21(28-22)31-19(13(2)32)11-34-23(31)33/h4-10,12-13,19,32H,11H2,1-3H3,(H2,25,26,27,28)/t12-,13+,19+/m0/s1. The van der Waals surface area contributed by atoms with Gasteiger partial charge in [-0.2, -0.15) is 15.1 Å². The van der Waals surface area contributed by atoms with Gasteiger partial charge in [-0.25, -0.2) is 4.79 Å². The quantitative estimate of drug-likeness (QED) is 0.382. The first-order chi connectivity index (χ1) is 16.3. The topological polar surface area (TPSA) is 121 Å². The summed E-state index contributed by atoms with van der Waals surface area (Å²) in [5, 5.41) is 19.4. The summed E-state index contributed by atoms with van der Waals surface area (Å²) < 4.78 is 7.00. The zero-order chi connectivity index (χ0) is 24.0. The zero-order valence-electron chi connectivity index (χ0n) is 18.9. The molecule has 0 saturated carbocycles. The second kappa shape index (κ2) is 8.62. The Morgan fingerprint density at radius 2 is 2.00 bits per heavy atom. The molecule has 5 rings (SSSR count). The molecule has 4 aromatic rings. The van der Waals surface area contributed by atoms with E-state index in [0.29, 0.717) is 27.8 Å². The van der Waals surface area contributed by atoms with Crippen molar-refractivity contribution in [1.82, 2.24) is 24.7 Å². The van der Waals surface area contributed by atoms with Crippen LogP contribution in [0.5, 0.6) is 0 Å². The predicted octanol–water partition coefficient (Wildman–Crippen LogP) is 3.89. The Kier molecular flexibility index (Phi) is 5.62. The Labute approximate surface area is 200 Å². The summed E-state index contributed by atoms with van der Waals surface area (Å²) in [6.45, 7) is 3.67. The molecule has 1 aliphatic heterocycles. The number of aromatic nitrogens is 5. The fourth-order valence-electron chi connectivity index (χ4n) is 4.07. The summed E-state index contributed by atoms with van der Waals surface area (Å²) in [4.78, 5) is 26.1. The van der Waals surface area contributed by atoms with E-state index in [1.54, 1.807) is 19.2 Å². The zero-order valence-corrected chi connectivity index (χ0v) is 19.6. The molecule has 0 unspecified atom stereocenters. The Bertz CT molecular complexity index is 1350. The Hall–Kier alpha value is -3.63. The second-order valence-electron chi connectivity index (χ2n) is 8.32. The molecule has 0 spiro atoms. The highest BCUT2D eigenvalue weighted by Crippen LogP contribution is 2.32. The van der Waals surface area contributed by atoms with E-state index in [-0.39, 0.29) is 12.6 Å². The lowest BCUT2D eigenvalue weighted by Gasteiger charge is -2.23. The van der Waals surface area contributed by atoms with Gasteiger partial charge < -0.3 is 20.1 Å². The van der Waals surface area contributed by atoms with Gasteiger partial charge in [0.1, 0.15) is 18.3 Å². The molecule has 34 heavy (non-hydrogen) atoms. The highest BCUT2D eigenvalue weighted by molar-refractivity contribution is 6.30. The minimum atomic E-state index is -0.787. The van der Waals surface area contributed by atoms with Crippen LogP contribution in [0.1, 0.15) is 25.6 Å². The molecular formula is C23H24ClN7O3. The van der Waals surface area contributed by atoms with Crippen LogP contribution in [0, 0.1) is 0 Å². The maximum absolute atomic E-state index is 12.5. The van der Waals surface area contributed by atoms with Crippen LogP contribution < -0.4 is 10.2 Å². The number of carbonyl (C=O) groups is 1. The summed E-state index contributed by atoms with van der Waals surface area (Å²) in [6, 6.07) is 10.6. The normalized spacial score (nSPS) is 17.7. The van der Waals surface area contributed by atoms with E-state index in [0.717, 1.165) is 17.0 Å². The first kappa shape index (κ1) is 22.2. The summed E-state index contributed by atoms with van der Waals surface area (Å²) in [5.74, 6) is 0.692. The summed E-state index contributed by atoms with van der Waals surface area (Å²) in [5.41, 5.74) is 3.31. The highest BCUT2D eigenvalue weighted by atomic mass is 35.5. The number of H-pyrrole nitrogens is 1. The van der Waals surface area contributed by atoms with Gasteiger partial charge in [0, 0.05) is 18.3 Å². The number of benzene rings is 1. The van der Waals surface area contributed by atoms with Gasteiger partial charge in [0.2, 0.25) is 5.95 Å². The third kappa shape index (κ3) is 3.95. The van der Waals surface area contributed by atoms with Gasteiger partial charge in [0.25, 0.3) is 0 Å². The van der Waals surface area contributed by atoms with Gasteiger partial charge in [-0.05, 0) is 43.7 Å². The fraction of sp³-hybridized carbons (Fsp3) is 0.304. The molecule has 3 N–H and O–H groups in total. The van der Waals surface area contributed by atoms with E-state index in [9.17, 15) is 9.90 Å². The van der Waals surface area contributed by atoms with Crippen molar-refractivity contribution in [3.05, 3.63) is 53.3 Å². The van der Waals surface area contributed by atoms with Crippen molar-refractivity contribution in [2.45, 2.75) is 32.0 Å². The van der Waals surface area contributed by atoms with Crippen LogP contribution in [0.2, 0.25) is 5.02 Å². The number of anilines is 2. The van der Waals surface area contributed by atoms with Gasteiger partial charge in [0.15, 0.2) is 5.82 Å². The van der Waals surface area contributed by atoms with E-state index < -0.39 is 18.2 Å². The summed E-state index contributed by atoms with van der Waals surface area (Å²) in [6.07, 6.45) is 0.389. The number of hydrogen-bond donors (Lipinski definition) is 3. The van der Waals surface area contributed by atoms with Crippen LogP contribution in [-0.2, 0) is 11.8 Å². The lowest BCUT2D eigenvalue weighted by molar-refractivity contribution is 0.142. The molecule has 10 nitrogen and oxygen atoms in total. The van der Waals surface area contributed by atoms with E-state index >= 15 is 0 Å². The molecule has 0 radical (unpaired) electrons. The number of rotatable bonds is 6. The molecule has 4 heterocycles. The van der Waals surface area contributed by atoms with E-state index in [2.05, 4.69) is 25.4 Å².